The summed E-state index contributed by atoms with van der Waals surface area (Å²) in [6.45, 7) is 3.07. The Morgan fingerprint density at radius 3 is 2.67 bits per heavy atom. The lowest BCUT2D eigenvalue weighted by Crippen LogP contribution is -2.35. The third-order valence-corrected chi connectivity index (χ3v) is 1.27. The minimum Gasteiger partial charge on any atom is -0.370 e. The third-order valence-electron chi connectivity index (χ3n) is 1.27. The van der Waals surface area contributed by atoms with Crippen LogP contribution in [0.15, 0.2) is 4.99 Å². The number of rotatable bonds is 4. The number of carbonyl (C=O) groups is 1. The maximum absolute atomic E-state index is 10.9. The summed E-state index contributed by atoms with van der Waals surface area (Å²) in [7, 11) is 1.59. The van der Waals surface area contributed by atoms with Gasteiger partial charge < -0.3 is 16.4 Å². The molecule has 5 heteroatoms. The number of hydrogen-bond donors (Lipinski definition) is 3. The van der Waals surface area contributed by atoms with E-state index in [0.717, 1.165) is 0 Å². The number of guanidine groups is 1. The monoisotopic (exact) mass is 172 g/mol. The molecule has 5 nitrogen and oxygen atoms in total. The molecule has 0 unspecified atom stereocenters. The summed E-state index contributed by atoms with van der Waals surface area (Å²) in [5, 5.41) is 5.47. The molecule has 0 aromatic rings. The Hall–Kier alpha value is -1.26. The second-order valence-electron chi connectivity index (χ2n) is 2.24. The van der Waals surface area contributed by atoms with Crippen molar-refractivity contribution in [3.05, 3.63) is 0 Å². The Morgan fingerprint density at radius 2 is 2.17 bits per heavy atom. The van der Waals surface area contributed by atoms with Crippen LogP contribution in [0.4, 0.5) is 0 Å². The molecule has 1 amide bonds. The number of carbonyl (C=O) groups excluding carboxylic acids is 1. The van der Waals surface area contributed by atoms with E-state index >= 15 is 0 Å². The van der Waals surface area contributed by atoms with E-state index in [9.17, 15) is 4.79 Å². The molecule has 0 rings (SSSR count). The fourth-order valence-corrected chi connectivity index (χ4v) is 0.669. The Bertz CT molecular complexity index is 167. The van der Waals surface area contributed by atoms with Crippen molar-refractivity contribution in [1.82, 2.24) is 10.6 Å². The first-order valence-electron chi connectivity index (χ1n) is 3.93. The average molecular weight is 172 g/mol. The van der Waals surface area contributed by atoms with Crippen LogP contribution in [0.1, 0.15) is 13.3 Å². The van der Waals surface area contributed by atoms with Crippen LogP contribution in [-0.2, 0) is 4.79 Å². The van der Waals surface area contributed by atoms with Gasteiger partial charge >= 0.3 is 0 Å². The smallest absolute Gasteiger partial charge is 0.221 e. The fourth-order valence-electron chi connectivity index (χ4n) is 0.669. The summed E-state index contributed by atoms with van der Waals surface area (Å²) in [6.07, 6.45) is 0.421. The first kappa shape index (κ1) is 10.7. The van der Waals surface area contributed by atoms with Crippen molar-refractivity contribution in [3.8, 4) is 0 Å². The second-order valence-corrected chi connectivity index (χ2v) is 2.24. The van der Waals surface area contributed by atoms with Crippen LogP contribution in [0.5, 0.6) is 0 Å². The molecule has 0 aliphatic carbocycles. The Morgan fingerprint density at radius 1 is 1.50 bits per heavy atom. The molecule has 0 bridgehead atoms. The van der Waals surface area contributed by atoms with Crippen LogP contribution in [-0.4, -0.2) is 32.0 Å². The van der Waals surface area contributed by atoms with Gasteiger partial charge in [0.05, 0.1) is 0 Å². The quantitative estimate of drug-likeness (QED) is 0.378. The molecule has 0 aromatic heterocycles. The van der Waals surface area contributed by atoms with Crippen LogP contribution in [0.3, 0.4) is 0 Å². The molecule has 12 heavy (non-hydrogen) atoms. The summed E-state index contributed by atoms with van der Waals surface area (Å²) < 4.78 is 0. The summed E-state index contributed by atoms with van der Waals surface area (Å²) in [4.78, 5) is 14.6. The van der Waals surface area contributed by atoms with Crippen molar-refractivity contribution in [2.45, 2.75) is 13.3 Å². The second kappa shape index (κ2) is 6.45. The molecule has 4 N–H and O–H groups in total. The highest BCUT2D eigenvalue weighted by Gasteiger charge is 1.97. The van der Waals surface area contributed by atoms with E-state index in [1.165, 1.54) is 0 Å². The lowest BCUT2D eigenvalue weighted by molar-refractivity contribution is -0.120. The van der Waals surface area contributed by atoms with Gasteiger partial charge in [-0.15, -0.1) is 0 Å². The number of aliphatic imine (C=N–C) groups is 1. The molecule has 0 heterocycles. The maximum atomic E-state index is 10.9. The molecular formula is C7H16N4O. The lowest BCUT2D eigenvalue weighted by atomic mass is 10.4. The van der Waals surface area contributed by atoms with E-state index in [1.807, 2.05) is 6.92 Å². The molecule has 0 aromatic carbocycles. The van der Waals surface area contributed by atoms with E-state index < -0.39 is 0 Å². The van der Waals surface area contributed by atoms with E-state index in [4.69, 9.17) is 5.73 Å². The number of nitrogens with two attached hydrogens (primary N) is 1. The third kappa shape index (κ3) is 5.52. The van der Waals surface area contributed by atoms with Crippen LogP contribution in [0.2, 0.25) is 0 Å². The highest BCUT2D eigenvalue weighted by molar-refractivity contribution is 5.79. The number of hydrogen-bond acceptors (Lipinski definition) is 2. The van der Waals surface area contributed by atoms with Crippen LogP contribution in [0.25, 0.3) is 0 Å². The van der Waals surface area contributed by atoms with E-state index in [0.29, 0.717) is 25.5 Å². The normalized spacial score (nSPS) is 11.0. The van der Waals surface area contributed by atoms with Gasteiger partial charge in [-0.05, 0) is 6.92 Å². The van der Waals surface area contributed by atoms with Gasteiger partial charge in [0.25, 0.3) is 0 Å². The van der Waals surface area contributed by atoms with Crippen molar-refractivity contribution in [2.24, 2.45) is 10.7 Å². The Kier molecular flexibility index (Phi) is 5.77. The Labute approximate surface area is 72.4 Å². The van der Waals surface area contributed by atoms with Crippen molar-refractivity contribution >= 4 is 11.9 Å². The van der Waals surface area contributed by atoms with Crippen molar-refractivity contribution < 1.29 is 4.79 Å². The number of nitrogens with one attached hydrogen (secondary N) is 2. The minimum absolute atomic E-state index is 0.0221. The zero-order valence-corrected chi connectivity index (χ0v) is 7.55. The van der Waals surface area contributed by atoms with E-state index in [1.54, 1.807) is 7.05 Å². The Balaban J connectivity index is 3.37. The zero-order chi connectivity index (χ0) is 9.40. The summed E-state index contributed by atoms with van der Waals surface area (Å²) in [6, 6.07) is 0. The molecule has 0 fully saturated rings. The molecule has 0 spiro atoms. The van der Waals surface area contributed by atoms with Gasteiger partial charge in [0.2, 0.25) is 5.91 Å². The van der Waals surface area contributed by atoms with Gasteiger partial charge in [-0.3, -0.25) is 9.79 Å². The van der Waals surface area contributed by atoms with Crippen molar-refractivity contribution in [2.75, 3.05) is 20.1 Å². The van der Waals surface area contributed by atoms with Crippen molar-refractivity contribution in [3.63, 3.8) is 0 Å². The highest BCUT2D eigenvalue weighted by Crippen LogP contribution is 1.75. The molecule has 0 saturated carbocycles. The SMILES string of the molecule is CCNC(=O)CCNC(N)=NC. The van der Waals surface area contributed by atoms with Crippen LogP contribution >= 0.6 is 0 Å². The van der Waals surface area contributed by atoms with Gasteiger partial charge in [0, 0.05) is 26.6 Å². The molecule has 70 valence electrons. The minimum atomic E-state index is 0.0221. The topological polar surface area (TPSA) is 79.5 Å². The fraction of sp³-hybridized carbons (Fsp3) is 0.714. The summed E-state index contributed by atoms with van der Waals surface area (Å²) in [5.41, 5.74) is 5.34. The zero-order valence-electron chi connectivity index (χ0n) is 7.55. The largest absolute Gasteiger partial charge is 0.370 e. The van der Waals surface area contributed by atoms with E-state index in [2.05, 4.69) is 15.6 Å². The van der Waals surface area contributed by atoms with Gasteiger partial charge in [-0.25, -0.2) is 0 Å². The van der Waals surface area contributed by atoms with Gasteiger partial charge in [0.1, 0.15) is 0 Å². The highest BCUT2D eigenvalue weighted by atomic mass is 16.1. The molecular weight excluding hydrogens is 156 g/mol. The predicted octanol–water partition coefficient (Wildman–Crippen LogP) is -0.953. The molecule has 0 aliphatic rings. The molecule has 0 saturated heterocycles. The summed E-state index contributed by atoms with van der Waals surface area (Å²) >= 11 is 0. The van der Waals surface area contributed by atoms with Crippen LogP contribution < -0.4 is 16.4 Å². The first-order valence-corrected chi connectivity index (χ1v) is 3.93. The lowest BCUT2D eigenvalue weighted by Gasteiger charge is -2.04. The van der Waals surface area contributed by atoms with Gasteiger partial charge in [0.15, 0.2) is 5.96 Å². The molecule has 0 atom stereocenters. The predicted molar refractivity (Wildman–Crippen MR) is 48.8 cm³/mol. The average Bonchev–Trinajstić information content (AvgIpc) is 2.04. The van der Waals surface area contributed by atoms with Gasteiger partial charge in [-0.1, -0.05) is 0 Å². The molecule has 0 aliphatic heterocycles. The number of nitrogens with zero attached hydrogens (tertiary/aromatic N) is 1. The van der Waals surface area contributed by atoms with Gasteiger partial charge in [-0.2, -0.15) is 0 Å². The molecule has 0 radical (unpaired) electrons. The van der Waals surface area contributed by atoms with Crippen molar-refractivity contribution in [1.29, 1.82) is 0 Å². The summed E-state index contributed by atoms with van der Waals surface area (Å²) in [5.74, 6) is 0.383. The maximum Gasteiger partial charge on any atom is 0.221 e. The van der Waals surface area contributed by atoms with Crippen LogP contribution in [0, 0.1) is 0 Å². The number of amides is 1. The standard InChI is InChI=1S/C7H16N4O/c1-3-10-6(12)4-5-11-7(8)9-2/h3-5H2,1-2H3,(H,10,12)(H3,8,9,11). The van der Waals surface area contributed by atoms with E-state index in [-0.39, 0.29) is 5.91 Å². The first-order chi connectivity index (χ1) is 5.70.